The quantitative estimate of drug-likeness (QED) is 0.540. The third-order valence-electron chi connectivity index (χ3n) is 2.81. The molecule has 0 aliphatic heterocycles. The summed E-state index contributed by atoms with van der Waals surface area (Å²) < 4.78 is 0. The van der Waals surface area contributed by atoms with Crippen LogP contribution in [0.5, 0.6) is 0 Å². The van der Waals surface area contributed by atoms with E-state index >= 15 is 0 Å². The van der Waals surface area contributed by atoms with Gasteiger partial charge in [0.25, 0.3) is 0 Å². The lowest BCUT2D eigenvalue weighted by atomic mass is 9.76. The van der Waals surface area contributed by atoms with Crippen LogP contribution < -0.4 is 0 Å². The molecule has 0 aromatic heterocycles. The summed E-state index contributed by atoms with van der Waals surface area (Å²) in [6, 6.07) is 0. The Hall–Kier alpha value is -0.260. The first-order chi connectivity index (χ1) is 6.73. The van der Waals surface area contributed by atoms with E-state index in [0.29, 0.717) is 5.41 Å². The van der Waals surface area contributed by atoms with Crippen LogP contribution in [0.15, 0.2) is 12.2 Å². The topological polar surface area (TPSA) is 0 Å². The molecule has 0 saturated heterocycles. The van der Waals surface area contributed by atoms with Gasteiger partial charge >= 0.3 is 0 Å². The SMILES string of the molecule is CC(C)CC=CC(CC(C)C)C(C)(C)C. The molecule has 0 bridgehead atoms. The lowest BCUT2D eigenvalue weighted by Crippen LogP contribution is -2.20. The molecule has 0 aliphatic rings. The first-order valence-corrected chi connectivity index (χ1v) is 6.40. The van der Waals surface area contributed by atoms with E-state index in [1.807, 2.05) is 0 Å². The summed E-state index contributed by atoms with van der Waals surface area (Å²) in [6.07, 6.45) is 7.34. The van der Waals surface area contributed by atoms with E-state index in [1.165, 1.54) is 12.8 Å². The summed E-state index contributed by atoms with van der Waals surface area (Å²) in [5.41, 5.74) is 0.401. The largest absolute Gasteiger partial charge is 0.0880 e. The second-order valence-corrected chi connectivity index (χ2v) is 6.66. The van der Waals surface area contributed by atoms with Crippen LogP contribution in [0.2, 0.25) is 0 Å². The average molecular weight is 210 g/mol. The Kier molecular flexibility index (Phi) is 6.24. The van der Waals surface area contributed by atoms with Crippen molar-refractivity contribution in [2.24, 2.45) is 23.2 Å². The number of allylic oxidation sites excluding steroid dienone is 2. The Labute approximate surface area is 97.2 Å². The van der Waals surface area contributed by atoms with Crippen LogP contribution in [0.1, 0.15) is 61.3 Å². The minimum absolute atomic E-state index is 0.401. The maximum absolute atomic E-state index is 2.44. The van der Waals surface area contributed by atoms with Crippen LogP contribution in [-0.2, 0) is 0 Å². The van der Waals surface area contributed by atoms with E-state index < -0.39 is 0 Å². The fourth-order valence-corrected chi connectivity index (χ4v) is 1.74. The molecule has 0 aromatic rings. The van der Waals surface area contributed by atoms with Crippen molar-refractivity contribution in [2.45, 2.75) is 61.3 Å². The first kappa shape index (κ1) is 14.7. The monoisotopic (exact) mass is 210 g/mol. The molecule has 0 aliphatic carbocycles. The van der Waals surface area contributed by atoms with E-state index in [4.69, 9.17) is 0 Å². The predicted molar refractivity (Wildman–Crippen MR) is 71.0 cm³/mol. The van der Waals surface area contributed by atoms with Gasteiger partial charge in [-0.05, 0) is 36.0 Å². The lowest BCUT2D eigenvalue weighted by Gasteiger charge is -2.29. The van der Waals surface area contributed by atoms with E-state index in [-0.39, 0.29) is 0 Å². The summed E-state index contributed by atoms with van der Waals surface area (Å²) >= 11 is 0. The highest BCUT2D eigenvalue weighted by molar-refractivity contribution is 4.94. The summed E-state index contributed by atoms with van der Waals surface area (Å²) in [5.74, 6) is 2.29. The summed E-state index contributed by atoms with van der Waals surface area (Å²) in [5, 5.41) is 0. The van der Waals surface area contributed by atoms with Crippen LogP contribution in [0.25, 0.3) is 0 Å². The lowest BCUT2D eigenvalue weighted by molar-refractivity contribution is 0.253. The zero-order chi connectivity index (χ0) is 12.1. The Balaban J connectivity index is 4.32. The molecular weight excluding hydrogens is 180 g/mol. The van der Waals surface area contributed by atoms with Crippen LogP contribution in [0, 0.1) is 23.2 Å². The fourth-order valence-electron chi connectivity index (χ4n) is 1.74. The fraction of sp³-hybridized carbons (Fsp3) is 0.867. The Morgan fingerprint density at radius 1 is 0.933 bits per heavy atom. The van der Waals surface area contributed by atoms with Crippen LogP contribution >= 0.6 is 0 Å². The highest BCUT2D eigenvalue weighted by Gasteiger charge is 2.22. The van der Waals surface area contributed by atoms with Gasteiger partial charge in [0, 0.05) is 0 Å². The summed E-state index contributed by atoms with van der Waals surface area (Å²) in [6.45, 7) is 16.2. The van der Waals surface area contributed by atoms with Crippen molar-refractivity contribution in [3.63, 3.8) is 0 Å². The van der Waals surface area contributed by atoms with Crippen molar-refractivity contribution in [2.75, 3.05) is 0 Å². The third kappa shape index (κ3) is 7.64. The van der Waals surface area contributed by atoms with Crippen LogP contribution in [-0.4, -0.2) is 0 Å². The average Bonchev–Trinajstić information content (AvgIpc) is 1.99. The smallest absolute Gasteiger partial charge is 0.0182 e. The van der Waals surface area contributed by atoms with Gasteiger partial charge in [0.1, 0.15) is 0 Å². The van der Waals surface area contributed by atoms with Crippen LogP contribution in [0.4, 0.5) is 0 Å². The maximum atomic E-state index is 2.44. The molecule has 0 heterocycles. The molecular formula is C15H30. The third-order valence-corrected chi connectivity index (χ3v) is 2.81. The van der Waals surface area contributed by atoms with Crippen molar-refractivity contribution in [1.29, 1.82) is 0 Å². The molecule has 0 amide bonds. The van der Waals surface area contributed by atoms with Gasteiger partial charge in [-0.3, -0.25) is 0 Å². The summed E-state index contributed by atoms with van der Waals surface area (Å²) in [7, 11) is 0. The van der Waals surface area contributed by atoms with Gasteiger partial charge in [-0.25, -0.2) is 0 Å². The van der Waals surface area contributed by atoms with E-state index in [1.54, 1.807) is 0 Å². The number of rotatable bonds is 5. The van der Waals surface area contributed by atoms with Gasteiger partial charge in [0.15, 0.2) is 0 Å². The normalized spacial score (nSPS) is 15.5. The molecule has 0 heteroatoms. The van der Waals surface area contributed by atoms with Gasteiger partial charge in [0.2, 0.25) is 0 Å². The molecule has 0 nitrogen and oxygen atoms in total. The molecule has 0 aromatic carbocycles. The molecule has 0 rings (SSSR count). The van der Waals surface area contributed by atoms with Crippen molar-refractivity contribution < 1.29 is 0 Å². The second-order valence-electron chi connectivity index (χ2n) is 6.66. The Morgan fingerprint density at radius 3 is 1.80 bits per heavy atom. The molecule has 15 heavy (non-hydrogen) atoms. The Morgan fingerprint density at radius 2 is 1.47 bits per heavy atom. The predicted octanol–water partition coefficient (Wildman–Crippen LogP) is 5.30. The standard InChI is InChI=1S/C15H30/c1-12(2)9-8-10-14(11-13(3)4)15(5,6)7/h8,10,12-14H,9,11H2,1-7H3. The molecule has 1 atom stereocenters. The zero-order valence-corrected chi connectivity index (χ0v) is 11.8. The van der Waals surface area contributed by atoms with Crippen molar-refractivity contribution in [1.82, 2.24) is 0 Å². The summed E-state index contributed by atoms with van der Waals surface area (Å²) in [4.78, 5) is 0. The second kappa shape index (κ2) is 6.35. The first-order valence-electron chi connectivity index (χ1n) is 6.40. The Bertz CT molecular complexity index is 179. The molecule has 0 saturated carbocycles. The molecule has 0 spiro atoms. The minimum atomic E-state index is 0.401. The molecule has 1 unspecified atom stereocenters. The number of hydrogen-bond donors (Lipinski definition) is 0. The molecule has 0 N–H and O–H groups in total. The zero-order valence-electron chi connectivity index (χ0n) is 11.8. The van der Waals surface area contributed by atoms with Gasteiger partial charge in [-0.2, -0.15) is 0 Å². The van der Waals surface area contributed by atoms with E-state index in [9.17, 15) is 0 Å². The van der Waals surface area contributed by atoms with Crippen molar-refractivity contribution in [3.8, 4) is 0 Å². The minimum Gasteiger partial charge on any atom is -0.0880 e. The molecule has 0 fully saturated rings. The highest BCUT2D eigenvalue weighted by atomic mass is 14.3. The highest BCUT2D eigenvalue weighted by Crippen LogP contribution is 2.32. The van der Waals surface area contributed by atoms with E-state index in [0.717, 1.165) is 17.8 Å². The van der Waals surface area contributed by atoms with Crippen LogP contribution in [0.3, 0.4) is 0 Å². The van der Waals surface area contributed by atoms with Gasteiger partial charge < -0.3 is 0 Å². The number of hydrogen-bond acceptors (Lipinski definition) is 0. The molecule has 0 radical (unpaired) electrons. The van der Waals surface area contributed by atoms with Crippen molar-refractivity contribution in [3.05, 3.63) is 12.2 Å². The van der Waals surface area contributed by atoms with Gasteiger partial charge in [0.05, 0.1) is 0 Å². The molecule has 90 valence electrons. The maximum Gasteiger partial charge on any atom is -0.0182 e. The van der Waals surface area contributed by atoms with Gasteiger partial charge in [-0.15, -0.1) is 0 Å². The van der Waals surface area contributed by atoms with Gasteiger partial charge in [-0.1, -0.05) is 60.6 Å². The van der Waals surface area contributed by atoms with Crippen molar-refractivity contribution >= 4 is 0 Å². The van der Waals surface area contributed by atoms with E-state index in [2.05, 4.69) is 60.6 Å².